The number of esters is 1. The molecule has 3 aromatic carbocycles. The smallest absolute Gasteiger partial charge is 0.349 e. The van der Waals surface area contributed by atoms with Gasteiger partial charge in [-0.3, -0.25) is 0 Å². The van der Waals surface area contributed by atoms with Crippen LogP contribution in [0.15, 0.2) is 90.8 Å². The maximum absolute atomic E-state index is 12.3. The first-order chi connectivity index (χ1) is 17.5. The Labute approximate surface area is 210 Å². The van der Waals surface area contributed by atoms with E-state index in [-0.39, 0.29) is 18.2 Å². The Balaban J connectivity index is 1.50. The van der Waals surface area contributed by atoms with Crippen molar-refractivity contribution in [3.05, 3.63) is 108 Å². The Morgan fingerprint density at radius 3 is 2.39 bits per heavy atom. The van der Waals surface area contributed by atoms with E-state index >= 15 is 0 Å². The summed E-state index contributed by atoms with van der Waals surface area (Å²) < 4.78 is 22.2. The lowest BCUT2D eigenvalue weighted by Crippen LogP contribution is -2.21. The fraction of sp³-hybridized carbons (Fsp3) is 0.172. The van der Waals surface area contributed by atoms with Crippen molar-refractivity contribution in [2.45, 2.75) is 19.3 Å². The number of aryl methyl sites for hydroxylation is 1. The number of nitrogens with two attached hydrogens (primary N) is 1. The Hall–Kier alpha value is -4.70. The molecule has 1 unspecified atom stereocenters. The summed E-state index contributed by atoms with van der Waals surface area (Å²) in [5, 5.41) is 9.76. The third kappa shape index (κ3) is 5.50. The molecule has 2 N–H and O–H groups in total. The summed E-state index contributed by atoms with van der Waals surface area (Å²) in [4.78, 5) is 12.3. The number of fused-ring (bicyclic) bond motifs is 1. The second-order valence-electron chi connectivity index (χ2n) is 8.05. The van der Waals surface area contributed by atoms with Crippen molar-refractivity contribution in [1.29, 1.82) is 5.26 Å². The fourth-order valence-corrected chi connectivity index (χ4v) is 3.88. The van der Waals surface area contributed by atoms with Gasteiger partial charge in [-0.1, -0.05) is 49.9 Å². The predicted molar refractivity (Wildman–Crippen MR) is 135 cm³/mol. The van der Waals surface area contributed by atoms with Gasteiger partial charge in [0.1, 0.15) is 41.2 Å². The second-order valence-corrected chi connectivity index (χ2v) is 8.05. The summed E-state index contributed by atoms with van der Waals surface area (Å²) in [7, 11) is 0. The van der Waals surface area contributed by atoms with E-state index in [1.807, 2.05) is 48.5 Å². The summed E-state index contributed by atoms with van der Waals surface area (Å²) in [6, 6.07) is 22.1. The van der Waals surface area contributed by atoms with Crippen LogP contribution >= 0.6 is 0 Å². The molecule has 0 bridgehead atoms. The van der Waals surface area contributed by atoms with Crippen molar-refractivity contribution in [3.8, 4) is 29.1 Å². The molecule has 0 radical (unpaired) electrons. The molecule has 0 aliphatic carbocycles. The molecule has 0 spiro atoms. The average molecular weight is 483 g/mol. The molecule has 1 heterocycles. The number of ether oxygens (including phenoxy) is 4. The molecule has 0 aromatic heterocycles. The maximum atomic E-state index is 12.3. The molecule has 36 heavy (non-hydrogen) atoms. The van der Waals surface area contributed by atoms with E-state index in [0.29, 0.717) is 29.4 Å². The van der Waals surface area contributed by atoms with E-state index < -0.39 is 11.9 Å². The molecule has 0 fully saturated rings. The summed E-state index contributed by atoms with van der Waals surface area (Å²) in [5.74, 6) is 0.971. The first-order valence-electron chi connectivity index (χ1n) is 11.5. The molecule has 3 aromatic rings. The zero-order valence-electron chi connectivity index (χ0n) is 19.9. The molecule has 1 atom stereocenters. The Morgan fingerprint density at radius 2 is 1.72 bits per heavy atom. The summed E-state index contributed by atoms with van der Waals surface area (Å²) in [5.41, 5.74) is 9.14. The van der Waals surface area contributed by atoms with Gasteiger partial charge < -0.3 is 24.7 Å². The molecule has 4 rings (SSSR count). The highest BCUT2D eigenvalue weighted by molar-refractivity contribution is 5.74. The monoisotopic (exact) mass is 482 g/mol. The van der Waals surface area contributed by atoms with Crippen LogP contribution in [0.2, 0.25) is 0 Å². The molecule has 7 heteroatoms. The third-order valence-electron chi connectivity index (χ3n) is 5.69. The van der Waals surface area contributed by atoms with Crippen LogP contribution in [0, 0.1) is 11.3 Å². The lowest BCUT2D eigenvalue weighted by molar-refractivity contribution is -0.136. The minimum atomic E-state index is -0.557. The number of carbonyl (C=O) groups is 1. The SMILES string of the molecule is C=CCOc1ccc(C2C(C#N)=C(N)Oc3cc(OC(=O)COc4ccc(CC)cc4)ccc32)cc1. The predicted octanol–water partition coefficient (Wildman–Crippen LogP) is 5.02. The van der Waals surface area contributed by atoms with Crippen molar-refractivity contribution < 1.29 is 23.7 Å². The third-order valence-corrected chi connectivity index (χ3v) is 5.69. The van der Waals surface area contributed by atoms with Crippen molar-refractivity contribution in [1.82, 2.24) is 0 Å². The lowest BCUT2D eigenvalue weighted by atomic mass is 9.83. The number of allylic oxidation sites excluding steroid dienone is 1. The molecular formula is C29H26N2O5. The van der Waals surface area contributed by atoms with Crippen LogP contribution in [-0.2, 0) is 11.2 Å². The Bertz CT molecular complexity index is 1320. The summed E-state index contributed by atoms with van der Waals surface area (Å²) in [6.07, 6.45) is 2.59. The topological polar surface area (TPSA) is 104 Å². The van der Waals surface area contributed by atoms with E-state index in [2.05, 4.69) is 19.6 Å². The van der Waals surface area contributed by atoms with Gasteiger partial charge in [0.2, 0.25) is 5.88 Å². The zero-order chi connectivity index (χ0) is 25.5. The van der Waals surface area contributed by atoms with E-state index in [1.165, 1.54) is 5.56 Å². The largest absolute Gasteiger partial charge is 0.490 e. The molecular weight excluding hydrogens is 456 g/mol. The van der Waals surface area contributed by atoms with Gasteiger partial charge in [-0.25, -0.2) is 4.79 Å². The van der Waals surface area contributed by atoms with E-state index in [4.69, 9.17) is 24.7 Å². The van der Waals surface area contributed by atoms with Crippen molar-refractivity contribution in [2.24, 2.45) is 5.73 Å². The van der Waals surface area contributed by atoms with Crippen molar-refractivity contribution in [2.75, 3.05) is 13.2 Å². The first-order valence-corrected chi connectivity index (χ1v) is 11.5. The van der Waals surface area contributed by atoms with Gasteiger partial charge >= 0.3 is 5.97 Å². The number of hydrogen-bond acceptors (Lipinski definition) is 7. The van der Waals surface area contributed by atoms with E-state index in [0.717, 1.165) is 17.5 Å². The molecule has 1 aliphatic heterocycles. The van der Waals surface area contributed by atoms with Gasteiger partial charge in [-0.2, -0.15) is 5.26 Å². The molecule has 182 valence electrons. The summed E-state index contributed by atoms with van der Waals surface area (Å²) >= 11 is 0. The van der Waals surface area contributed by atoms with Gasteiger partial charge in [0.05, 0.1) is 5.92 Å². The van der Waals surface area contributed by atoms with Crippen molar-refractivity contribution >= 4 is 5.97 Å². The molecule has 0 saturated heterocycles. The van der Waals surface area contributed by atoms with E-state index in [1.54, 1.807) is 24.3 Å². The number of nitriles is 1. The van der Waals surface area contributed by atoms with Crippen LogP contribution in [0.4, 0.5) is 0 Å². The Morgan fingerprint density at radius 1 is 1.06 bits per heavy atom. The highest BCUT2D eigenvalue weighted by Crippen LogP contribution is 2.43. The van der Waals surface area contributed by atoms with Crippen LogP contribution in [0.3, 0.4) is 0 Å². The van der Waals surface area contributed by atoms with Crippen LogP contribution < -0.4 is 24.7 Å². The van der Waals surface area contributed by atoms with Crippen LogP contribution in [0.25, 0.3) is 0 Å². The number of hydrogen-bond donors (Lipinski definition) is 1. The molecule has 7 nitrogen and oxygen atoms in total. The van der Waals surface area contributed by atoms with Crippen molar-refractivity contribution in [3.63, 3.8) is 0 Å². The minimum Gasteiger partial charge on any atom is -0.490 e. The normalized spacial score (nSPS) is 14.2. The minimum absolute atomic E-state index is 0.00400. The molecule has 0 amide bonds. The molecule has 1 aliphatic rings. The quantitative estimate of drug-likeness (QED) is 0.260. The van der Waals surface area contributed by atoms with Gasteiger partial charge in [0, 0.05) is 11.6 Å². The zero-order valence-corrected chi connectivity index (χ0v) is 19.9. The van der Waals surface area contributed by atoms with Gasteiger partial charge in [-0.05, 0) is 47.9 Å². The highest BCUT2D eigenvalue weighted by Gasteiger charge is 2.31. The maximum Gasteiger partial charge on any atom is 0.349 e. The van der Waals surface area contributed by atoms with Gasteiger partial charge in [-0.15, -0.1) is 0 Å². The van der Waals surface area contributed by atoms with Crippen LogP contribution in [0.5, 0.6) is 23.0 Å². The van der Waals surface area contributed by atoms with E-state index in [9.17, 15) is 10.1 Å². The number of carbonyl (C=O) groups excluding carboxylic acids is 1. The standard InChI is InChI=1S/C29H26N2O5/c1-3-15-33-21-11-7-20(8-12-21)28-24-14-13-23(16-26(24)36-29(31)25(28)17-30)35-27(32)18-34-22-9-5-19(4-2)6-10-22/h3,5-14,16,28H,1,4,15,18,31H2,2H3. The van der Waals surface area contributed by atoms with Gasteiger partial charge in [0.25, 0.3) is 0 Å². The number of rotatable bonds is 9. The average Bonchev–Trinajstić information content (AvgIpc) is 2.90. The fourth-order valence-electron chi connectivity index (χ4n) is 3.88. The molecule has 0 saturated carbocycles. The van der Waals surface area contributed by atoms with Crippen LogP contribution in [0.1, 0.15) is 29.5 Å². The summed E-state index contributed by atoms with van der Waals surface area (Å²) in [6.45, 7) is 5.86. The number of nitrogens with zero attached hydrogens (tertiary/aromatic N) is 1. The highest BCUT2D eigenvalue weighted by atomic mass is 16.6. The lowest BCUT2D eigenvalue weighted by Gasteiger charge is -2.26. The van der Waals surface area contributed by atoms with Crippen LogP contribution in [-0.4, -0.2) is 19.2 Å². The first kappa shape index (κ1) is 24.4. The van der Waals surface area contributed by atoms with Gasteiger partial charge in [0.15, 0.2) is 6.61 Å². The number of benzene rings is 3. The Kier molecular flexibility index (Phi) is 7.57. The second kappa shape index (κ2) is 11.2.